The van der Waals surface area contributed by atoms with E-state index < -0.39 is 10.0 Å². The highest BCUT2D eigenvalue weighted by Gasteiger charge is 2.57. The molecule has 0 radical (unpaired) electrons. The SMILES string of the molecule is Cc1cc(S(=O)(=O)N(C)C)cc(NC(=O)C2CC23CCNCC3)c1C.Cl. The number of piperidine rings is 1. The van der Waals surface area contributed by atoms with Gasteiger partial charge in [0, 0.05) is 25.7 Å². The predicted molar refractivity (Wildman–Crippen MR) is 105 cm³/mol. The standard InChI is InChI=1S/C18H27N3O3S.ClH/c1-12-9-14(25(23,24)21(3)4)10-16(13(12)2)20-17(22)15-11-18(15)5-7-19-8-6-18;/h9-10,15,19H,5-8,11H2,1-4H3,(H,20,22);1H. The first-order chi connectivity index (χ1) is 11.7. The van der Waals surface area contributed by atoms with Crippen LogP contribution in [0, 0.1) is 25.2 Å². The molecule has 1 aromatic carbocycles. The van der Waals surface area contributed by atoms with Crippen LogP contribution in [-0.2, 0) is 14.8 Å². The summed E-state index contributed by atoms with van der Waals surface area (Å²) >= 11 is 0. The van der Waals surface area contributed by atoms with Gasteiger partial charge in [-0.1, -0.05) is 0 Å². The number of sulfonamides is 1. The van der Waals surface area contributed by atoms with E-state index in [0.29, 0.717) is 5.69 Å². The first-order valence-electron chi connectivity index (χ1n) is 8.73. The van der Waals surface area contributed by atoms with Gasteiger partial charge >= 0.3 is 0 Å². The summed E-state index contributed by atoms with van der Waals surface area (Å²) in [5.41, 5.74) is 2.52. The maximum atomic E-state index is 12.7. The van der Waals surface area contributed by atoms with Gasteiger partial charge in [0.25, 0.3) is 0 Å². The van der Waals surface area contributed by atoms with Gasteiger partial charge in [-0.2, -0.15) is 0 Å². The number of hydrogen-bond acceptors (Lipinski definition) is 4. The lowest BCUT2D eigenvalue weighted by atomic mass is 9.91. The predicted octanol–water partition coefficient (Wildman–Crippen LogP) is 2.30. The second-order valence-electron chi connectivity index (χ2n) is 7.56. The molecule has 8 heteroatoms. The normalized spacial score (nSPS) is 21.3. The summed E-state index contributed by atoms with van der Waals surface area (Å²) in [6.07, 6.45) is 3.02. The number of nitrogens with zero attached hydrogens (tertiary/aromatic N) is 1. The lowest BCUT2D eigenvalue weighted by molar-refractivity contribution is -0.118. The second kappa shape index (κ2) is 7.46. The molecule has 0 aromatic heterocycles. The molecule has 1 saturated heterocycles. The molecule has 1 aromatic rings. The number of benzene rings is 1. The molecular formula is C18H28ClN3O3S. The summed E-state index contributed by atoms with van der Waals surface area (Å²) in [7, 11) is -0.517. The van der Waals surface area contributed by atoms with Crippen molar-refractivity contribution >= 4 is 34.0 Å². The molecule has 1 unspecified atom stereocenters. The number of anilines is 1. The van der Waals surface area contributed by atoms with Crippen molar-refractivity contribution in [3.63, 3.8) is 0 Å². The van der Waals surface area contributed by atoms with E-state index in [9.17, 15) is 13.2 Å². The molecule has 2 N–H and O–H groups in total. The zero-order chi connectivity index (χ0) is 18.4. The van der Waals surface area contributed by atoms with Gasteiger partial charge in [0.05, 0.1) is 4.90 Å². The Morgan fingerprint density at radius 3 is 2.42 bits per heavy atom. The number of aryl methyl sites for hydroxylation is 1. The molecule has 2 aliphatic rings. The quantitative estimate of drug-likeness (QED) is 0.811. The van der Waals surface area contributed by atoms with Crippen LogP contribution in [0.4, 0.5) is 5.69 Å². The Labute approximate surface area is 162 Å². The molecule has 1 amide bonds. The van der Waals surface area contributed by atoms with Crippen LogP contribution in [0.3, 0.4) is 0 Å². The van der Waals surface area contributed by atoms with E-state index >= 15 is 0 Å². The highest BCUT2D eigenvalue weighted by molar-refractivity contribution is 7.89. The van der Waals surface area contributed by atoms with E-state index in [1.165, 1.54) is 18.4 Å². The molecule has 1 atom stereocenters. The average Bonchev–Trinajstić information content (AvgIpc) is 3.25. The van der Waals surface area contributed by atoms with Crippen LogP contribution in [0.1, 0.15) is 30.4 Å². The fourth-order valence-electron chi connectivity index (χ4n) is 3.73. The number of carbonyl (C=O) groups excluding carboxylic acids is 1. The lowest BCUT2D eigenvalue weighted by Gasteiger charge is -2.23. The molecule has 6 nitrogen and oxygen atoms in total. The molecular weight excluding hydrogens is 374 g/mol. The maximum Gasteiger partial charge on any atom is 0.242 e. The van der Waals surface area contributed by atoms with Gasteiger partial charge in [0.15, 0.2) is 0 Å². The number of carbonyl (C=O) groups is 1. The number of hydrogen-bond donors (Lipinski definition) is 2. The van der Waals surface area contributed by atoms with Crippen molar-refractivity contribution in [1.29, 1.82) is 0 Å². The van der Waals surface area contributed by atoms with Crippen molar-refractivity contribution in [1.82, 2.24) is 9.62 Å². The fraction of sp³-hybridized carbons (Fsp3) is 0.611. The van der Waals surface area contributed by atoms with E-state index in [1.807, 2.05) is 13.8 Å². The van der Waals surface area contributed by atoms with Crippen molar-refractivity contribution in [3.8, 4) is 0 Å². The zero-order valence-corrected chi connectivity index (χ0v) is 17.4. The monoisotopic (exact) mass is 401 g/mol. The fourth-order valence-corrected chi connectivity index (χ4v) is 4.75. The Morgan fingerprint density at radius 2 is 1.85 bits per heavy atom. The summed E-state index contributed by atoms with van der Waals surface area (Å²) < 4.78 is 26.0. The molecule has 2 fully saturated rings. The smallest absolute Gasteiger partial charge is 0.242 e. The van der Waals surface area contributed by atoms with E-state index in [1.54, 1.807) is 12.1 Å². The Kier molecular flexibility index (Phi) is 6.07. The number of halogens is 1. The molecule has 1 aliphatic carbocycles. The van der Waals surface area contributed by atoms with Crippen molar-refractivity contribution in [3.05, 3.63) is 23.3 Å². The maximum absolute atomic E-state index is 12.7. The Balaban J connectivity index is 0.00000243. The summed E-state index contributed by atoms with van der Waals surface area (Å²) in [5.74, 6) is 0.0622. The van der Waals surface area contributed by atoms with Crippen LogP contribution in [0.5, 0.6) is 0 Å². The minimum atomic E-state index is -3.53. The van der Waals surface area contributed by atoms with E-state index in [-0.39, 0.29) is 34.5 Å². The molecule has 1 saturated carbocycles. The zero-order valence-electron chi connectivity index (χ0n) is 15.8. The Morgan fingerprint density at radius 1 is 1.23 bits per heavy atom. The number of nitrogens with one attached hydrogen (secondary N) is 2. The highest BCUT2D eigenvalue weighted by atomic mass is 35.5. The van der Waals surface area contributed by atoms with Crippen LogP contribution in [0.2, 0.25) is 0 Å². The third kappa shape index (κ3) is 3.76. The molecule has 146 valence electrons. The number of rotatable bonds is 4. The molecule has 3 rings (SSSR count). The first kappa shape index (κ1) is 21.2. The average molecular weight is 402 g/mol. The first-order valence-corrected chi connectivity index (χ1v) is 10.2. The Hall–Kier alpha value is -1.15. The minimum absolute atomic E-state index is 0. The van der Waals surface area contributed by atoms with Gasteiger partial charge in [-0.3, -0.25) is 4.79 Å². The van der Waals surface area contributed by atoms with Crippen molar-refractivity contribution in [2.24, 2.45) is 11.3 Å². The molecule has 0 bridgehead atoms. The van der Waals surface area contributed by atoms with Crippen molar-refractivity contribution in [2.75, 3.05) is 32.5 Å². The van der Waals surface area contributed by atoms with Gasteiger partial charge in [-0.25, -0.2) is 12.7 Å². The summed E-state index contributed by atoms with van der Waals surface area (Å²) in [6, 6.07) is 3.23. The van der Waals surface area contributed by atoms with Crippen LogP contribution in [0.25, 0.3) is 0 Å². The van der Waals surface area contributed by atoms with Crippen LogP contribution in [0.15, 0.2) is 17.0 Å². The topological polar surface area (TPSA) is 78.5 Å². The van der Waals surface area contributed by atoms with Crippen LogP contribution >= 0.6 is 12.4 Å². The van der Waals surface area contributed by atoms with Gasteiger partial charge in [-0.05, 0) is 74.9 Å². The van der Waals surface area contributed by atoms with E-state index in [2.05, 4.69) is 10.6 Å². The Bertz CT molecular complexity index is 802. The van der Waals surface area contributed by atoms with Gasteiger partial charge in [0.1, 0.15) is 0 Å². The van der Waals surface area contributed by atoms with Crippen molar-refractivity contribution < 1.29 is 13.2 Å². The largest absolute Gasteiger partial charge is 0.326 e. The summed E-state index contributed by atoms with van der Waals surface area (Å²) in [5, 5.41) is 6.33. The number of amides is 1. The molecule has 1 heterocycles. The summed E-state index contributed by atoms with van der Waals surface area (Å²) in [6.45, 7) is 5.71. The highest BCUT2D eigenvalue weighted by Crippen LogP contribution is 2.58. The summed E-state index contributed by atoms with van der Waals surface area (Å²) in [4.78, 5) is 12.9. The molecule has 1 spiro atoms. The van der Waals surface area contributed by atoms with E-state index in [0.717, 1.165) is 43.5 Å². The molecule has 26 heavy (non-hydrogen) atoms. The van der Waals surface area contributed by atoms with Crippen molar-refractivity contribution in [2.45, 2.75) is 38.0 Å². The second-order valence-corrected chi connectivity index (χ2v) is 9.71. The third-order valence-corrected chi connectivity index (χ3v) is 7.58. The van der Waals surface area contributed by atoms with Crippen LogP contribution < -0.4 is 10.6 Å². The molecule has 1 aliphatic heterocycles. The lowest BCUT2D eigenvalue weighted by Crippen LogP contribution is -2.31. The van der Waals surface area contributed by atoms with Gasteiger partial charge < -0.3 is 10.6 Å². The van der Waals surface area contributed by atoms with Gasteiger partial charge in [0.2, 0.25) is 15.9 Å². The van der Waals surface area contributed by atoms with E-state index in [4.69, 9.17) is 0 Å². The van der Waals surface area contributed by atoms with Crippen LogP contribution in [-0.4, -0.2) is 45.8 Å². The van der Waals surface area contributed by atoms with Gasteiger partial charge in [-0.15, -0.1) is 12.4 Å². The minimum Gasteiger partial charge on any atom is -0.326 e. The third-order valence-electron chi connectivity index (χ3n) is 5.78.